The number of carboxylic acids is 1. The molecule has 0 heterocycles. The van der Waals surface area contributed by atoms with Crippen molar-refractivity contribution in [1.82, 2.24) is 0 Å². The molecule has 5 heteroatoms. The van der Waals surface area contributed by atoms with Gasteiger partial charge in [-0.2, -0.15) is 0 Å². The third-order valence-corrected chi connectivity index (χ3v) is 1.92. The molecule has 0 aliphatic carbocycles. The number of aliphatic carboxylic acids is 1. The zero-order valence-electron chi connectivity index (χ0n) is 9.36. The van der Waals surface area contributed by atoms with Crippen LogP contribution in [0.3, 0.4) is 0 Å². The Balaban J connectivity index is 4.09. The molecule has 0 saturated heterocycles. The first kappa shape index (κ1) is 13.9. The van der Waals surface area contributed by atoms with Crippen molar-refractivity contribution >= 4 is 11.9 Å². The summed E-state index contributed by atoms with van der Waals surface area (Å²) in [5.74, 6) is -1.69. The van der Waals surface area contributed by atoms with Gasteiger partial charge in [0.25, 0.3) is 0 Å². The molecule has 0 aromatic carbocycles. The van der Waals surface area contributed by atoms with Crippen LogP contribution in [-0.4, -0.2) is 36.4 Å². The molecule has 1 N–H and O–H groups in total. The summed E-state index contributed by atoms with van der Waals surface area (Å²) in [4.78, 5) is 21.8. The Labute approximate surface area is 89.4 Å². The van der Waals surface area contributed by atoms with E-state index in [2.05, 4.69) is 0 Å². The zero-order chi connectivity index (χ0) is 11.8. The molecule has 88 valence electrons. The summed E-state index contributed by atoms with van der Waals surface area (Å²) in [7, 11) is 1.29. The van der Waals surface area contributed by atoms with Gasteiger partial charge in [0, 0.05) is 7.11 Å². The lowest BCUT2D eigenvalue weighted by atomic mass is 10.2. The van der Waals surface area contributed by atoms with E-state index in [1.54, 1.807) is 6.92 Å². The molecule has 0 spiro atoms. The summed E-state index contributed by atoms with van der Waals surface area (Å²) < 4.78 is 9.76. The van der Waals surface area contributed by atoms with Crippen LogP contribution in [0.25, 0.3) is 0 Å². The summed E-state index contributed by atoms with van der Waals surface area (Å²) in [6.07, 6.45) is 0.0878. The van der Waals surface area contributed by atoms with Gasteiger partial charge >= 0.3 is 11.9 Å². The minimum absolute atomic E-state index is 0.200. The van der Waals surface area contributed by atoms with Crippen molar-refractivity contribution in [2.45, 2.75) is 45.3 Å². The number of carboxylic acid groups (broad SMARTS) is 1. The fourth-order valence-corrected chi connectivity index (χ4v) is 1.16. The van der Waals surface area contributed by atoms with E-state index < -0.39 is 18.0 Å². The van der Waals surface area contributed by atoms with Crippen molar-refractivity contribution in [3.8, 4) is 0 Å². The predicted molar refractivity (Wildman–Crippen MR) is 53.5 cm³/mol. The molecule has 0 amide bonds. The van der Waals surface area contributed by atoms with E-state index in [0.29, 0.717) is 0 Å². The van der Waals surface area contributed by atoms with Gasteiger partial charge in [-0.25, -0.2) is 4.79 Å². The summed E-state index contributed by atoms with van der Waals surface area (Å²) in [6.45, 7) is 3.75. The smallest absolute Gasteiger partial charge is 0.336 e. The zero-order valence-corrected chi connectivity index (χ0v) is 9.36. The van der Waals surface area contributed by atoms with Gasteiger partial charge in [-0.1, -0.05) is 13.3 Å². The Kier molecular flexibility index (Phi) is 6.70. The second kappa shape index (κ2) is 7.23. The molecule has 0 fully saturated rings. The molecule has 0 rings (SSSR count). The number of esters is 1. The Morgan fingerprint density at radius 2 is 2.00 bits per heavy atom. The van der Waals surface area contributed by atoms with Gasteiger partial charge in [-0.05, 0) is 13.3 Å². The summed E-state index contributed by atoms with van der Waals surface area (Å²) >= 11 is 0. The Bertz CT molecular complexity index is 214. The average molecular weight is 218 g/mol. The van der Waals surface area contributed by atoms with E-state index in [0.717, 1.165) is 12.8 Å². The van der Waals surface area contributed by atoms with E-state index in [-0.39, 0.29) is 12.5 Å². The van der Waals surface area contributed by atoms with E-state index >= 15 is 0 Å². The van der Waals surface area contributed by atoms with Crippen LogP contribution in [-0.2, 0) is 19.1 Å². The van der Waals surface area contributed by atoms with Crippen molar-refractivity contribution in [2.24, 2.45) is 0 Å². The second-order valence-corrected chi connectivity index (χ2v) is 3.36. The largest absolute Gasteiger partial charge is 0.481 e. The highest BCUT2D eigenvalue weighted by molar-refractivity contribution is 5.81. The number of hydrogen-bond donors (Lipinski definition) is 1. The van der Waals surface area contributed by atoms with Crippen LogP contribution >= 0.6 is 0 Å². The van der Waals surface area contributed by atoms with Crippen molar-refractivity contribution in [3.05, 3.63) is 0 Å². The molecule has 0 bridgehead atoms. The summed E-state index contributed by atoms with van der Waals surface area (Å²) in [5, 5.41) is 8.51. The lowest BCUT2D eigenvalue weighted by Gasteiger charge is -2.16. The minimum atomic E-state index is -1.08. The van der Waals surface area contributed by atoms with Crippen molar-refractivity contribution in [2.75, 3.05) is 7.11 Å². The van der Waals surface area contributed by atoms with Gasteiger partial charge in [0.15, 0.2) is 6.10 Å². The van der Waals surface area contributed by atoms with Crippen molar-refractivity contribution < 1.29 is 24.2 Å². The van der Waals surface area contributed by atoms with Crippen LogP contribution in [0.4, 0.5) is 0 Å². The third-order valence-electron chi connectivity index (χ3n) is 1.92. The number of rotatable bonds is 7. The summed E-state index contributed by atoms with van der Waals surface area (Å²) in [5.41, 5.74) is 0. The van der Waals surface area contributed by atoms with Crippen LogP contribution in [0.15, 0.2) is 0 Å². The van der Waals surface area contributed by atoms with E-state index in [4.69, 9.17) is 14.6 Å². The molecule has 0 aromatic heterocycles. The molecule has 0 aliphatic heterocycles. The van der Waals surface area contributed by atoms with Gasteiger partial charge < -0.3 is 14.6 Å². The van der Waals surface area contributed by atoms with Gasteiger partial charge in [-0.3, -0.25) is 4.79 Å². The number of hydrogen-bond acceptors (Lipinski definition) is 4. The van der Waals surface area contributed by atoms with Crippen molar-refractivity contribution in [3.63, 3.8) is 0 Å². The van der Waals surface area contributed by atoms with Gasteiger partial charge in [0.2, 0.25) is 0 Å². The van der Waals surface area contributed by atoms with E-state index in [9.17, 15) is 9.59 Å². The maximum Gasteiger partial charge on any atom is 0.336 e. The molecule has 15 heavy (non-hydrogen) atoms. The molecule has 2 unspecified atom stereocenters. The van der Waals surface area contributed by atoms with Crippen LogP contribution < -0.4 is 0 Å². The molecule has 0 radical (unpaired) electrons. The van der Waals surface area contributed by atoms with E-state index in [1.807, 2.05) is 6.92 Å². The average Bonchev–Trinajstić information content (AvgIpc) is 2.13. The highest BCUT2D eigenvalue weighted by atomic mass is 16.6. The van der Waals surface area contributed by atoms with Gasteiger partial charge in [0.05, 0.1) is 12.5 Å². The monoisotopic (exact) mass is 218 g/mol. The SMILES string of the molecule is CCCC(C)OC(=O)C(CC(=O)O)OC. The first-order chi connectivity index (χ1) is 7.01. The highest BCUT2D eigenvalue weighted by Crippen LogP contribution is 2.06. The Morgan fingerprint density at radius 3 is 2.40 bits per heavy atom. The third kappa shape index (κ3) is 6.06. The van der Waals surface area contributed by atoms with Crippen LogP contribution in [0.1, 0.15) is 33.1 Å². The maximum atomic E-state index is 11.4. The molecule has 0 aromatic rings. The maximum absolute atomic E-state index is 11.4. The standard InChI is InChI=1S/C10H18O5/c1-4-5-7(2)15-10(13)8(14-3)6-9(11)12/h7-8H,4-6H2,1-3H3,(H,11,12). The lowest BCUT2D eigenvalue weighted by molar-refractivity contribution is -0.164. The minimum Gasteiger partial charge on any atom is -0.481 e. The second-order valence-electron chi connectivity index (χ2n) is 3.36. The number of carbonyl (C=O) groups excluding carboxylic acids is 1. The van der Waals surface area contributed by atoms with E-state index in [1.165, 1.54) is 7.11 Å². The first-order valence-electron chi connectivity index (χ1n) is 4.96. The predicted octanol–water partition coefficient (Wildman–Crippen LogP) is 1.21. The quantitative estimate of drug-likeness (QED) is 0.650. The van der Waals surface area contributed by atoms with Crippen LogP contribution in [0.5, 0.6) is 0 Å². The number of ether oxygens (including phenoxy) is 2. The normalized spacial score (nSPS) is 14.3. The first-order valence-corrected chi connectivity index (χ1v) is 4.96. The molecule has 0 aliphatic rings. The molecule has 2 atom stereocenters. The topological polar surface area (TPSA) is 72.8 Å². The van der Waals surface area contributed by atoms with Crippen LogP contribution in [0, 0.1) is 0 Å². The van der Waals surface area contributed by atoms with Gasteiger partial charge in [0.1, 0.15) is 0 Å². The van der Waals surface area contributed by atoms with Gasteiger partial charge in [-0.15, -0.1) is 0 Å². The number of carbonyl (C=O) groups is 2. The molecule has 5 nitrogen and oxygen atoms in total. The van der Waals surface area contributed by atoms with Crippen molar-refractivity contribution in [1.29, 1.82) is 0 Å². The molecular weight excluding hydrogens is 200 g/mol. The summed E-state index contributed by atoms with van der Waals surface area (Å²) in [6, 6.07) is 0. The Morgan fingerprint density at radius 1 is 1.40 bits per heavy atom. The number of methoxy groups -OCH3 is 1. The fraction of sp³-hybridized carbons (Fsp3) is 0.800. The lowest BCUT2D eigenvalue weighted by Crippen LogP contribution is -2.30. The highest BCUT2D eigenvalue weighted by Gasteiger charge is 2.24. The van der Waals surface area contributed by atoms with Crippen LogP contribution in [0.2, 0.25) is 0 Å². The Hall–Kier alpha value is -1.10. The molecular formula is C10H18O5. The molecule has 0 saturated carbocycles. The fourth-order valence-electron chi connectivity index (χ4n) is 1.16.